The molecule has 0 bridgehead atoms. The summed E-state index contributed by atoms with van der Waals surface area (Å²) in [6, 6.07) is 15.0. The van der Waals surface area contributed by atoms with E-state index in [0.717, 1.165) is 5.56 Å². The minimum absolute atomic E-state index is 0.381. The number of benzene rings is 1. The molecule has 0 amide bonds. The van der Waals surface area contributed by atoms with Crippen LogP contribution in [0.25, 0.3) is 0 Å². The number of nitrogens with one attached hydrogen (secondary N) is 1. The monoisotopic (exact) mass is 234 g/mol. The van der Waals surface area contributed by atoms with Crippen LogP contribution in [-0.4, -0.2) is 4.98 Å². The van der Waals surface area contributed by atoms with E-state index in [1.165, 1.54) is 0 Å². The predicted molar refractivity (Wildman–Crippen MR) is 67.4 cm³/mol. The maximum atomic E-state index is 8.90. The predicted octanol–water partition coefficient (Wildman–Crippen LogP) is 2.44. The number of nitriles is 2. The fourth-order valence-corrected chi connectivity index (χ4v) is 1.53. The molecule has 1 heterocycles. The van der Waals surface area contributed by atoms with E-state index >= 15 is 0 Å². The highest BCUT2D eigenvalue weighted by atomic mass is 14.9. The number of anilines is 1. The lowest BCUT2D eigenvalue weighted by Gasteiger charge is -2.07. The standard InChI is InChI=1S/C14H10N4/c15-8-11-3-5-12(6-4-11)10-18-13-2-1-7-17-14(13)9-16/h1-7,18H,10H2. The lowest BCUT2D eigenvalue weighted by Crippen LogP contribution is -2.02. The first-order valence-electron chi connectivity index (χ1n) is 5.41. The molecule has 18 heavy (non-hydrogen) atoms. The average Bonchev–Trinajstić information content (AvgIpc) is 2.46. The van der Waals surface area contributed by atoms with E-state index in [0.29, 0.717) is 23.5 Å². The van der Waals surface area contributed by atoms with Crippen molar-refractivity contribution in [1.82, 2.24) is 4.98 Å². The molecule has 4 nitrogen and oxygen atoms in total. The van der Waals surface area contributed by atoms with Crippen molar-refractivity contribution in [2.24, 2.45) is 0 Å². The van der Waals surface area contributed by atoms with E-state index in [1.807, 2.05) is 24.3 Å². The Balaban J connectivity index is 2.07. The molecule has 0 aliphatic carbocycles. The van der Waals surface area contributed by atoms with Gasteiger partial charge in [-0.15, -0.1) is 0 Å². The van der Waals surface area contributed by atoms with Crippen LogP contribution in [0, 0.1) is 22.7 Å². The molecule has 0 unspecified atom stereocenters. The Labute approximate surface area is 105 Å². The van der Waals surface area contributed by atoms with E-state index in [9.17, 15) is 0 Å². The van der Waals surface area contributed by atoms with Crippen molar-refractivity contribution in [2.75, 3.05) is 5.32 Å². The maximum absolute atomic E-state index is 8.90. The zero-order valence-corrected chi connectivity index (χ0v) is 9.59. The van der Waals surface area contributed by atoms with Gasteiger partial charge in [-0.3, -0.25) is 0 Å². The number of rotatable bonds is 3. The van der Waals surface area contributed by atoms with Gasteiger partial charge in [0.2, 0.25) is 0 Å². The van der Waals surface area contributed by atoms with Crippen molar-refractivity contribution in [1.29, 1.82) is 10.5 Å². The molecule has 0 saturated heterocycles. The fourth-order valence-electron chi connectivity index (χ4n) is 1.53. The summed E-state index contributed by atoms with van der Waals surface area (Å²) in [4.78, 5) is 3.97. The topological polar surface area (TPSA) is 72.5 Å². The molecule has 0 saturated carbocycles. The second-order valence-corrected chi connectivity index (χ2v) is 3.67. The molecule has 86 valence electrons. The summed E-state index contributed by atoms with van der Waals surface area (Å²) in [6.07, 6.45) is 1.59. The van der Waals surface area contributed by atoms with Crippen molar-refractivity contribution >= 4 is 5.69 Å². The largest absolute Gasteiger partial charge is 0.379 e. The average molecular weight is 234 g/mol. The number of aromatic nitrogens is 1. The molecular formula is C14H10N4. The highest BCUT2D eigenvalue weighted by Crippen LogP contribution is 2.12. The number of hydrogen-bond donors (Lipinski definition) is 1. The third-order valence-corrected chi connectivity index (χ3v) is 2.48. The van der Waals surface area contributed by atoms with Crippen molar-refractivity contribution in [3.63, 3.8) is 0 Å². The van der Waals surface area contributed by atoms with Crippen LogP contribution >= 0.6 is 0 Å². The summed E-state index contributed by atoms with van der Waals surface area (Å²) in [5.74, 6) is 0. The highest BCUT2D eigenvalue weighted by molar-refractivity contribution is 5.53. The Morgan fingerprint density at radius 1 is 1.06 bits per heavy atom. The highest BCUT2D eigenvalue weighted by Gasteiger charge is 2.01. The molecular weight excluding hydrogens is 224 g/mol. The van der Waals surface area contributed by atoms with Crippen molar-refractivity contribution in [2.45, 2.75) is 6.54 Å². The smallest absolute Gasteiger partial charge is 0.163 e. The zero-order chi connectivity index (χ0) is 12.8. The van der Waals surface area contributed by atoms with Crippen LogP contribution in [0.2, 0.25) is 0 Å². The molecule has 0 atom stereocenters. The van der Waals surface area contributed by atoms with Gasteiger partial charge in [0.1, 0.15) is 6.07 Å². The summed E-state index contributed by atoms with van der Waals surface area (Å²) in [5.41, 5.74) is 2.77. The number of hydrogen-bond acceptors (Lipinski definition) is 4. The Hall–Kier alpha value is -2.85. The minimum Gasteiger partial charge on any atom is -0.379 e. The van der Waals surface area contributed by atoms with Gasteiger partial charge in [-0.2, -0.15) is 10.5 Å². The van der Waals surface area contributed by atoms with E-state index in [2.05, 4.69) is 16.4 Å². The lowest BCUT2D eigenvalue weighted by molar-refractivity contribution is 1.13. The summed E-state index contributed by atoms with van der Waals surface area (Å²) in [5, 5.41) is 20.7. The molecule has 1 N–H and O–H groups in total. The Bertz CT molecular complexity index is 617. The summed E-state index contributed by atoms with van der Waals surface area (Å²) < 4.78 is 0. The quantitative estimate of drug-likeness (QED) is 0.885. The summed E-state index contributed by atoms with van der Waals surface area (Å²) in [6.45, 7) is 0.589. The lowest BCUT2D eigenvalue weighted by atomic mass is 10.1. The summed E-state index contributed by atoms with van der Waals surface area (Å²) >= 11 is 0. The molecule has 0 fully saturated rings. The molecule has 2 rings (SSSR count). The Morgan fingerprint density at radius 3 is 2.50 bits per heavy atom. The molecule has 1 aromatic heterocycles. The van der Waals surface area contributed by atoms with Gasteiger partial charge in [0.15, 0.2) is 5.69 Å². The van der Waals surface area contributed by atoms with Crippen LogP contribution in [0.3, 0.4) is 0 Å². The van der Waals surface area contributed by atoms with Crippen LogP contribution in [0.5, 0.6) is 0 Å². The van der Waals surface area contributed by atoms with Crippen LogP contribution in [-0.2, 0) is 6.54 Å². The first-order chi connectivity index (χ1) is 8.83. The third-order valence-electron chi connectivity index (χ3n) is 2.48. The van der Waals surface area contributed by atoms with E-state index in [4.69, 9.17) is 10.5 Å². The molecule has 0 radical (unpaired) electrons. The molecule has 4 heteroatoms. The van der Waals surface area contributed by atoms with Gasteiger partial charge in [0.05, 0.1) is 17.3 Å². The van der Waals surface area contributed by atoms with Crippen molar-refractivity contribution in [3.05, 3.63) is 59.4 Å². The molecule has 0 aliphatic rings. The molecule has 0 spiro atoms. The van der Waals surface area contributed by atoms with E-state index in [1.54, 1.807) is 24.4 Å². The van der Waals surface area contributed by atoms with Crippen LogP contribution in [0.15, 0.2) is 42.6 Å². The SMILES string of the molecule is N#Cc1ccc(CNc2cccnc2C#N)cc1. The second-order valence-electron chi connectivity index (χ2n) is 3.67. The first kappa shape index (κ1) is 11.6. The van der Waals surface area contributed by atoms with Gasteiger partial charge in [0, 0.05) is 12.7 Å². The second kappa shape index (κ2) is 5.47. The first-order valence-corrected chi connectivity index (χ1v) is 5.41. The van der Waals surface area contributed by atoms with E-state index in [-0.39, 0.29) is 0 Å². The molecule has 2 aromatic rings. The third kappa shape index (κ3) is 2.63. The Morgan fingerprint density at radius 2 is 1.83 bits per heavy atom. The summed E-state index contributed by atoms with van der Waals surface area (Å²) in [7, 11) is 0. The van der Waals surface area contributed by atoms with Crippen LogP contribution in [0.1, 0.15) is 16.8 Å². The maximum Gasteiger partial charge on any atom is 0.163 e. The number of nitrogens with zero attached hydrogens (tertiary/aromatic N) is 3. The zero-order valence-electron chi connectivity index (χ0n) is 9.59. The molecule has 0 aliphatic heterocycles. The fraction of sp³-hybridized carbons (Fsp3) is 0.0714. The van der Waals surface area contributed by atoms with E-state index < -0.39 is 0 Å². The molecule has 1 aromatic carbocycles. The normalized spacial score (nSPS) is 9.22. The van der Waals surface area contributed by atoms with Gasteiger partial charge >= 0.3 is 0 Å². The van der Waals surface area contributed by atoms with Gasteiger partial charge in [-0.1, -0.05) is 12.1 Å². The van der Waals surface area contributed by atoms with Gasteiger partial charge in [-0.05, 0) is 29.8 Å². The van der Waals surface area contributed by atoms with Gasteiger partial charge in [0.25, 0.3) is 0 Å². The van der Waals surface area contributed by atoms with Crippen molar-refractivity contribution < 1.29 is 0 Å². The minimum atomic E-state index is 0.381. The number of pyridine rings is 1. The van der Waals surface area contributed by atoms with Crippen LogP contribution < -0.4 is 5.32 Å². The van der Waals surface area contributed by atoms with Crippen molar-refractivity contribution in [3.8, 4) is 12.1 Å². The Kier molecular flexibility index (Phi) is 3.53. The van der Waals surface area contributed by atoms with Crippen LogP contribution in [0.4, 0.5) is 5.69 Å². The van der Waals surface area contributed by atoms with Gasteiger partial charge < -0.3 is 5.32 Å². The van der Waals surface area contributed by atoms with Gasteiger partial charge in [-0.25, -0.2) is 4.98 Å².